The zero-order valence-electron chi connectivity index (χ0n) is 14.4. The SMILES string of the molecule is COC(=O)C1(C)CC(C(=O)OC(C)(C)C)C(c2ccccc2)N1. The van der Waals surface area contributed by atoms with Crippen LogP contribution in [0.5, 0.6) is 0 Å². The van der Waals surface area contributed by atoms with E-state index in [4.69, 9.17) is 9.47 Å². The Bertz CT molecular complexity index is 578. The van der Waals surface area contributed by atoms with E-state index in [0.29, 0.717) is 6.42 Å². The summed E-state index contributed by atoms with van der Waals surface area (Å²) in [6.07, 6.45) is 0.341. The fourth-order valence-electron chi connectivity index (χ4n) is 3.00. The second kappa shape index (κ2) is 6.32. The summed E-state index contributed by atoms with van der Waals surface area (Å²) in [5.41, 5.74) is -0.518. The molecule has 0 amide bonds. The summed E-state index contributed by atoms with van der Waals surface area (Å²) in [7, 11) is 1.35. The monoisotopic (exact) mass is 319 g/mol. The van der Waals surface area contributed by atoms with Gasteiger partial charge in [-0.3, -0.25) is 14.9 Å². The van der Waals surface area contributed by atoms with E-state index >= 15 is 0 Å². The Morgan fingerprint density at radius 3 is 2.35 bits per heavy atom. The maximum absolute atomic E-state index is 12.6. The highest BCUT2D eigenvalue weighted by Gasteiger charge is 2.51. The normalized spacial score (nSPS) is 27.5. The first kappa shape index (κ1) is 17.5. The van der Waals surface area contributed by atoms with E-state index in [-0.39, 0.29) is 18.0 Å². The van der Waals surface area contributed by atoms with E-state index in [9.17, 15) is 9.59 Å². The molecule has 126 valence electrons. The van der Waals surface area contributed by atoms with Crippen LogP contribution in [0.25, 0.3) is 0 Å². The van der Waals surface area contributed by atoms with Crippen LogP contribution in [0.3, 0.4) is 0 Å². The molecule has 0 aromatic heterocycles. The van der Waals surface area contributed by atoms with Crippen LogP contribution in [-0.2, 0) is 19.1 Å². The second-order valence-electron chi connectivity index (χ2n) is 7.20. The van der Waals surface area contributed by atoms with Gasteiger partial charge in [0, 0.05) is 6.04 Å². The van der Waals surface area contributed by atoms with Gasteiger partial charge in [0.2, 0.25) is 0 Å². The third kappa shape index (κ3) is 3.91. The Balaban J connectivity index is 2.32. The van der Waals surface area contributed by atoms with Crippen molar-refractivity contribution in [2.45, 2.75) is 51.3 Å². The van der Waals surface area contributed by atoms with Gasteiger partial charge in [0.05, 0.1) is 13.0 Å². The molecule has 0 spiro atoms. The number of hydrogen-bond acceptors (Lipinski definition) is 5. The van der Waals surface area contributed by atoms with Gasteiger partial charge in [-0.1, -0.05) is 30.3 Å². The molecule has 1 N–H and O–H groups in total. The predicted octanol–water partition coefficient (Wildman–Crippen LogP) is 2.61. The highest BCUT2D eigenvalue weighted by molar-refractivity contribution is 5.84. The highest BCUT2D eigenvalue weighted by Crippen LogP contribution is 2.40. The Kier molecular flexibility index (Phi) is 4.80. The van der Waals surface area contributed by atoms with Crippen molar-refractivity contribution in [2.24, 2.45) is 5.92 Å². The summed E-state index contributed by atoms with van der Waals surface area (Å²) >= 11 is 0. The van der Waals surface area contributed by atoms with E-state index in [1.54, 1.807) is 6.92 Å². The summed E-state index contributed by atoms with van der Waals surface area (Å²) in [4.78, 5) is 24.8. The van der Waals surface area contributed by atoms with Crippen LogP contribution in [-0.4, -0.2) is 30.2 Å². The molecule has 0 bridgehead atoms. The average molecular weight is 319 g/mol. The van der Waals surface area contributed by atoms with Gasteiger partial charge in [0.15, 0.2) is 0 Å². The number of rotatable bonds is 3. The van der Waals surface area contributed by atoms with Gasteiger partial charge in [-0.15, -0.1) is 0 Å². The van der Waals surface area contributed by atoms with E-state index in [1.165, 1.54) is 7.11 Å². The van der Waals surface area contributed by atoms with Crippen molar-refractivity contribution in [2.75, 3.05) is 7.11 Å². The molecule has 1 heterocycles. The molecule has 5 heteroatoms. The summed E-state index contributed by atoms with van der Waals surface area (Å²) in [5.74, 6) is -1.11. The summed E-state index contributed by atoms with van der Waals surface area (Å²) in [6, 6.07) is 9.35. The Morgan fingerprint density at radius 2 is 1.83 bits per heavy atom. The molecule has 0 saturated carbocycles. The van der Waals surface area contributed by atoms with E-state index < -0.39 is 17.1 Å². The van der Waals surface area contributed by atoms with Crippen LogP contribution in [0.1, 0.15) is 45.7 Å². The first-order valence-electron chi connectivity index (χ1n) is 7.80. The van der Waals surface area contributed by atoms with Crippen molar-refractivity contribution in [3.8, 4) is 0 Å². The van der Waals surface area contributed by atoms with E-state index in [0.717, 1.165) is 5.56 Å². The average Bonchev–Trinajstić information content (AvgIpc) is 2.85. The molecule has 1 fully saturated rings. The number of methoxy groups -OCH3 is 1. The largest absolute Gasteiger partial charge is 0.468 e. The smallest absolute Gasteiger partial charge is 0.325 e. The van der Waals surface area contributed by atoms with E-state index in [1.807, 2.05) is 51.1 Å². The van der Waals surface area contributed by atoms with Crippen molar-refractivity contribution in [3.05, 3.63) is 35.9 Å². The standard InChI is InChI=1S/C18H25NO4/c1-17(2,3)23-15(20)13-11-18(4,16(21)22-5)19-14(13)12-9-7-6-8-10-12/h6-10,13-14,19H,11H2,1-5H3. The molecule has 2 rings (SSSR count). The van der Waals surface area contributed by atoms with Gasteiger partial charge in [0.1, 0.15) is 11.1 Å². The molecule has 5 nitrogen and oxygen atoms in total. The zero-order chi connectivity index (χ0) is 17.3. The predicted molar refractivity (Wildman–Crippen MR) is 86.7 cm³/mol. The number of carbonyl (C=O) groups excluding carboxylic acids is 2. The number of nitrogens with one attached hydrogen (secondary N) is 1. The van der Waals surface area contributed by atoms with Gasteiger partial charge in [-0.25, -0.2) is 0 Å². The molecule has 23 heavy (non-hydrogen) atoms. The topological polar surface area (TPSA) is 64.6 Å². The number of benzene rings is 1. The number of esters is 2. The first-order valence-corrected chi connectivity index (χ1v) is 7.80. The third-order valence-corrected chi connectivity index (χ3v) is 4.01. The maximum atomic E-state index is 12.6. The molecule has 1 aromatic rings. The maximum Gasteiger partial charge on any atom is 0.325 e. The van der Waals surface area contributed by atoms with Crippen LogP contribution in [0.2, 0.25) is 0 Å². The summed E-state index contributed by atoms with van der Waals surface area (Å²) < 4.78 is 10.4. The summed E-state index contributed by atoms with van der Waals surface area (Å²) in [5, 5.41) is 3.28. The summed E-state index contributed by atoms with van der Waals surface area (Å²) in [6.45, 7) is 7.28. The van der Waals surface area contributed by atoms with Crippen LogP contribution >= 0.6 is 0 Å². The van der Waals surface area contributed by atoms with Crippen molar-refractivity contribution in [3.63, 3.8) is 0 Å². The Labute approximate surface area is 137 Å². The fourth-order valence-corrected chi connectivity index (χ4v) is 3.00. The molecule has 3 atom stereocenters. The van der Waals surface area contributed by atoms with Gasteiger partial charge in [-0.2, -0.15) is 0 Å². The first-order chi connectivity index (χ1) is 10.7. The van der Waals surface area contributed by atoms with Gasteiger partial charge in [0.25, 0.3) is 0 Å². The van der Waals surface area contributed by atoms with Gasteiger partial charge in [-0.05, 0) is 39.7 Å². The lowest BCUT2D eigenvalue weighted by atomic mass is 9.90. The molecule has 0 aliphatic carbocycles. The van der Waals surface area contributed by atoms with E-state index in [2.05, 4.69) is 5.32 Å². The Hall–Kier alpha value is -1.88. The molecule has 1 saturated heterocycles. The van der Waals surface area contributed by atoms with Crippen molar-refractivity contribution in [1.29, 1.82) is 0 Å². The third-order valence-electron chi connectivity index (χ3n) is 4.01. The van der Waals surface area contributed by atoms with Crippen LogP contribution in [0, 0.1) is 5.92 Å². The number of ether oxygens (including phenoxy) is 2. The molecular formula is C18H25NO4. The lowest BCUT2D eigenvalue weighted by molar-refractivity contribution is -0.160. The molecular weight excluding hydrogens is 294 g/mol. The lowest BCUT2D eigenvalue weighted by Crippen LogP contribution is -2.45. The minimum Gasteiger partial charge on any atom is -0.468 e. The lowest BCUT2D eigenvalue weighted by Gasteiger charge is -2.25. The minimum absolute atomic E-state index is 0.282. The van der Waals surface area contributed by atoms with Crippen molar-refractivity contribution < 1.29 is 19.1 Å². The minimum atomic E-state index is -0.906. The van der Waals surface area contributed by atoms with Crippen LogP contribution < -0.4 is 5.32 Å². The quantitative estimate of drug-likeness (QED) is 0.868. The van der Waals surface area contributed by atoms with Crippen molar-refractivity contribution >= 4 is 11.9 Å². The van der Waals surface area contributed by atoms with Gasteiger partial charge >= 0.3 is 11.9 Å². The number of hydrogen-bond donors (Lipinski definition) is 1. The molecule has 1 aliphatic heterocycles. The Morgan fingerprint density at radius 1 is 1.22 bits per heavy atom. The van der Waals surface area contributed by atoms with Crippen LogP contribution in [0.15, 0.2) is 30.3 Å². The molecule has 1 aliphatic rings. The number of carbonyl (C=O) groups is 2. The van der Waals surface area contributed by atoms with Crippen molar-refractivity contribution in [1.82, 2.24) is 5.32 Å². The molecule has 0 radical (unpaired) electrons. The molecule has 3 unspecified atom stereocenters. The molecule has 1 aromatic carbocycles. The van der Waals surface area contributed by atoms with Crippen LogP contribution in [0.4, 0.5) is 0 Å². The fraction of sp³-hybridized carbons (Fsp3) is 0.556. The zero-order valence-corrected chi connectivity index (χ0v) is 14.4. The second-order valence-corrected chi connectivity index (χ2v) is 7.20. The highest BCUT2D eigenvalue weighted by atomic mass is 16.6. The van der Waals surface area contributed by atoms with Gasteiger partial charge < -0.3 is 9.47 Å².